The number of aliphatic hydroxyl groups excluding tert-OH is 1. The van der Waals surface area contributed by atoms with Crippen molar-refractivity contribution < 1.29 is 9.84 Å². The number of hydrogen-bond acceptors (Lipinski definition) is 6. The van der Waals surface area contributed by atoms with Crippen LogP contribution in [-0.4, -0.2) is 31.6 Å². The van der Waals surface area contributed by atoms with E-state index in [1.165, 1.54) is 7.11 Å². The van der Waals surface area contributed by atoms with Crippen molar-refractivity contribution in [2.45, 2.75) is 6.92 Å². The van der Waals surface area contributed by atoms with E-state index in [2.05, 4.69) is 31.5 Å². The van der Waals surface area contributed by atoms with Crippen molar-refractivity contribution in [3.05, 3.63) is 5.82 Å². The van der Waals surface area contributed by atoms with Crippen molar-refractivity contribution in [2.75, 3.05) is 7.11 Å². The van der Waals surface area contributed by atoms with Gasteiger partial charge in [0.2, 0.25) is 4.38 Å². The van der Waals surface area contributed by atoms with Gasteiger partial charge in [-0.25, -0.2) is 0 Å². The Morgan fingerprint density at radius 3 is 2.79 bits per heavy atom. The fourth-order valence-corrected chi connectivity index (χ4v) is 1.05. The van der Waals surface area contributed by atoms with Gasteiger partial charge in [0.25, 0.3) is 5.95 Å². The number of rotatable bonds is 2. The van der Waals surface area contributed by atoms with Crippen LogP contribution in [0, 0.1) is 6.92 Å². The number of thiol groups is 1. The number of ether oxygens (including phenoxy) is 1. The molecule has 6 nitrogen and oxygen atoms in total. The highest BCUT2D eigenvalue weighted by atomic mass is 32.2. The Hall–Kier alpha value is -1.15. The maximum Gasteiger partial charge on any atom is 0.321 e. The number of aliphatic hydroxyl groups is 1. The minimum Gasteiger partial charge on any atom is -0.494 e. The second-order valence-electron chi connectivity index (χ2n) is 2.15. The fraction of sp³-hybridized carbons (Fsp3) is 0.333. The highest BCUT2D eigenvalue weighted by Gasteiger charge is 2.01. The molecule has 76 valence electrons. The van der Waals surface area contributed by atoms with E-state index in [-0.39, 0.29) is 27.9 Å². The monoisotopic (exact) mass is 232 g/mol. The van der Waals surface area contributed by atoms with Crippen molar-refractivity contribution in [1.82, 2.24) is 15.0 Å². The Kier molecular flexibility index (Phi) is 3.84. The lowest BCUT2D eigenvalue weighted by molar-refractivity contribution is 0.377. The van der Waals surface area contributed by atoms with E-state index in [0.717, 1.165) is 0 Å². The molecule has 1 heterocycles. The van der Waals surface area contributed by atoms with Crippen LogP contribution in [0.15, 0.2) is 4.36 Å². The standard InChI is InChI=1S/C6H8N4O2S2/c1-3-7-4(10-14-6(11)13)9-5(8-3)12-2/h14H,1-2H3,(H,11,13). The van der Waals surface area contributed by atoms with Crippen molar-refractivity contribution in [3.63, 3.8) is 0 Å². The van der Waals surface area contributed by atoms with E-state index in [1.807, 2.05) is 0 Å². The number of nitrogens with zero attached hydrogens (tertiary/aromatic N) is 4. The van der Waals surface area contributed by atoms with Gasteiger partial charge in [-0.2, -0.15) is 19.3 Å². The molecular weight excluding hydrogens is 224 g/mol. The Balaban J connectivity index is 2.97. The van der Waals surface area contributed by atoms with Gasteiger partial charge >= 0.3 is 6.01 Å². The van der Waals surface area contributed by atoms with E-state index in [1.54, 1.807) is 6.92 Å². The maximum atomic E-state index is 8.73. The van der Waals surface area contributed by atoms with Crippen LogP contribution in [0.5, 0.6) is 6.01 Å². The lowest BCUT2D eigenvalue weighted by Crippen LogP contribution is -1.97. The van der Waals surface area contributed by atoms with Gasteiger partial charge in [-0.15, -0.1) is 0 Å². The molecule has 0 aliphatic rings. The van der Waals surface area contributed by atoms with Gasteiger partial charge in [-0.05, 0) is 30.7 Å². The van der Waals surface area contributed by atoms with Gasteiger partial charge in [0.05, 0.1) is 7.11 Å². The Bertz CT molecular complexity index is 382. The lowest BCUT2D eigenvalue weighted by Gasteiger charge is -1.98. The summed E-state index contributed by atoms with van der Waals surface area (Å²) < 4.78 is 8.40. The molecule has 0 fully saturated rings. The third-order valence-corrected chi connectivity index (χ3v) is 1.82. The zero-order valence-electron chi connectivity index (χ0n) is 7.50. The highest BCUT2D eigenvalue weighted by Crippen LogP contribution is 2.08. The number of hydrogen-bond donors (Lipinski definition) is 2. The van der Waals surface area contributed by atoms with Crippen molar-refractivity contribution in [2.24, 2.45) is 4.36 Å². The molecule has 0 aliphatic carbocycles. The molecule has 0 unspecified atom stereocenters. The van der Waals surface area contributed by atoms with Crippen LogP contribution in [-0.2, 0) is 11.6 Å². The van der Waals surface area contributed by atoms with Crippen LogP contribution in [0.2, 0.25) is 0 Å². The van der Waals surface area contributed by atoms with Crippen LogP contribution >= 0.6 is 12.2 Å². The number of aromatic nitrogens is 3. The van der Waals surface area contributed by atoms with Gasteiger partial charge < -0.3 is 9.84 Å². The highest BCUT2D eigenvalue weighted by molar-refractivity contribution is 8.03. The summed E-state index contributed by atoms with van der Waals surface area (Å²) in [4.78, 5) is 11.6. The first kappa shape index (κ1) is 10.9. The molecule has 0 aromatic carbocycles. The normalized spacial score (nSPS) is 11.0. The van der Waals surface area contributed by atoms with Gasteiger partial charge in [0.15, 0.2) is 0 Å². The largest absolute Gasteiger partial charge is 0.494 e. The summed E-state index contributed by atoms with van der Waals surface area (Å²) in [6.45, 7) is 1.69. The zero-order valence-corrected chi connectivity index (χ0v) is 9.21. The molecule has 0 atom stereocenters. The first-order valence-corrected chi connectivity index (χ1v) is 4.78. The topological polar surface area (TPSA) is 80.5 Å². The van der Waals surface area contributed by atoms with E-state index in [0.29, 0.717) is 5.82 Å². The predicted octanol–water partition coefficient (Wildman–Crippen LogP) is 0.662. The molecule has 0 saturated heterocycles. The van der Waals surface area contributed by atoms with Crippen LogP contribution in [0.25, 0.3) is 0 Å². The Morgan fingerprint density at radius 2 is 2.21 bits per heavy atom. The SMILES string of the molecule is COc1nc(C)nc(N=[SH]C(O)=S)n1. The number of aryl methyl sites for hydroxylation is 1. The van der Waals surface area contributed by atoms with Crippen molar-refractivity contribution in [3.8, 4) is 6.01 Å². The molecule has 0 amide bonds. The summed E-state index contributed by atoms with van der Waals surface area (Å²) in [6, 6.07) is 0.190. The predicted molar refractivity (Wildman–Crippen MR) is 57.2 cm³/mol. The number of thiocarbonyl (C=S) groups is 1. The lowest BCUT2D eigenvalue weighted by atomic mass is 10.7. The quantitative estimate of drug-likeness (QED) is 0.576. The summed E-state index contributed by atoms with van der Waals surface area (Å²) in [7, 11) is 1.45. The molecule has 0 aliphatic heterocycles. The average molecular weight is 232 g/mol. The molecule has 1 N–H and O–H groups in total. The van der Waals surface area contributed by atoms with E-state index in [9.17, 15) is 0 Å². The summed E-state index contributed by atoms with van der Waals surface area (Å²) in [5.41, 5.74) is 0. The van der Waals surface area contributed by atoms with Crippen molar-refractivity contribution in [1.29, 1.82) is 0 Å². The van der Waals surface area contributed by atoms with E-state index in [4.69, 9.17) is 9.84 Å². The molecule has 1 rings (SSSR count). The van der Waals surface area contributed by atoms with Gasteiger partial charge in [0, 0.05) is 0 Å². The second-order valence-corrected chi connectivity index (χ2v) is 3.66. The molecule has 0 saturated carbocycles. The smallest absolute Gasteiger partial charge is 0.321 e. The summed E-state index contributed by atoms with van der Waals surface area (Å²) >= 11 is 4.68. The van der Waals surface area contributed by atoms with Crippen LogP contribution in [0.3, 0.4) is 0 Å². The first-order chi connectivity index (χ1) is 6.61. The summed E-state index contributed by atoms with van der Waals surface area (Å²) in [6.07, 6.45) is 0. The van der Waals surface area contributed by atoms with Crippen molar-refractivity contribution >= 4 is 34.1 Å². The van der Waals surface area contributed by atoms with E-state index < -0.39 is 0 Å². The Morgan fingerprint density at radius 1 is 1.50 bits per heavy atom. The molecular formula is C6H8N4O2S2. The molecule has 1 aromatic rings. The fourth-order valence-electron chi connectivity index (χ4n) is 0.667. The van der Waals surface area contributed by atoms with Crippen LogP contribution < -0.4 is 4.74 Å². The molecule has 0 radical (unpaired) electrons. The molecule has 8 heteroatoms. The number of methoxy groups -OCH3 is 1. The van der Waals surface area contributed by atoms with Gasteiger partial charge in [0.1, 0.15) is 5.82 Å². The minimum atomic E-state index is -0.234. The molecule has 0 spiro atoms. The van der Waals surface area contributed by atoms with Crippen LogP contribution in [0.4, 0.5) is 5.95 Å². The van der Waals surface area contributed by atoms with Gasteiger partial charge in [-0.3, -0.25) is 0 Å². The zero-order chi connectivity index (χ0) is 10.6. The maximum absolute atomic E-state index is 8.73. The third kappa shape index (κ3) is 3.30. The van der Waals surface area contributed by atoms with Crippen LogP contribution in [0.1, 0.15) is 5.82 Å². The average Bonchev–Trinajstić information content (AvgIpc) is 2.14. The first-order valence-electron chi connectivity index (χ1n) is 3.53. The minimum absolute atomic E-state index is 0.187. The third-order valence-electron chi connectivity index (χ3n) is 1.12. The van der Waals surface area contributed by atoms with E-state index >= 15 is 0 Å². The Labute approximate surface area is 89.5 Å². The molecule has 14 heavy (non-hydrogen) atoms. The molecule has 0 bridgehead atoms. The summed E-state index contributed by atoms with van der Waals surface area (Å²) in [5.74, 6) is 0.682. The second kappa shape index (κ2) is 4.91. The molecule has 1 aromatic heterocycles. The summed E-state index contributed by atoms with van der Waals surface area (Å²) in [5, 5.41) is 8.73. The van der Waals surface area contributed by atoms with Gasteiger partial charge in [-0.1, -0.05) is 0 Å².